The first-order valence-electron chi connectivity index (χ1n) is 8.66. The number of hydrogen-bond acceptors (Lipinski definition) is 6. The first-order valence-corrected chi connectivity index (χ1v) is 8.66. The maximum atomic E-state index is 6.11. The average molecular weight is 365 g/mol. The lowest BCUT2D eigenvalue weighted by atomic mass is 10.1. The topological polar surface area (TPSA) is 74.1 Å². The molecule has 0 spiro atoms. The predicted octanol–water partition coefficient (Wildman–Crippen LogP) is 3.37. The summed E-state index contributed by atoms with van der Waals surface area (Å²) in [5.41, 5.74) is 3.26. The van der Waals surface area contributed by atoms with Crippen molar-refractivity contribution in [3.63, 3.8) is 0 Å². The molecule has 0 aliphatic heterocycles. The van der Waals surface area contributed by atoms with E-state index in [0.717, 1.165) is 11.1 Å². The van der Waals surface area contributed by atoms with Gasteiger partial charge in [-0.1, -0.05) is 53.1 Å². The summed E-state index contributed by atoms with van der Waals surface area (Å²) >= 11 is 0. The SMILES string of the molecule is C=CCn1nnnc1NCc1cccc(OC)c1OCc1cccc(C)c1. The summed E-state index contributed by atoms with van der Waals surface area (Å²) in [4.78, 5) is 0. The van der Waals surface area contributed by atoms with E-state index in [1.807, 2.05) is 30.3 Å². The number of nitrogens with one attached hydrogen (secondary N) is 1. The smallest absolute Gasteiger partial charge is 0.243 e. The molecule has 0 aliphatic rings. The average Bonchev–Trinajstić information content (AvgIpc) is 3.12. The molecule has 0 atom stereocenters. The fraction of sp³-hybridized carbons (Fsp3) is 0.250. The number of anilines is 1. The molecule has 1 heterocycles. The van der Waals surface area contributed by atoms with Gasteiger partial charge >= 0.3 is 0 Å². The Morgan fingerprint density at radius 3 is 2.85 bits per heavy atom. The number of aryl methyl sites for hydroxylation is 1. The second-order valence-electron chi connectivity index (χ2n) is 6.05. The Labute approximate surface area is 158 Å². The van der Waals surface area contributed by atoms with Gasteiger partial charge < -0.3 is 14.8 Å². The zero-order valence-corrected chi connectivity index (χ0v) is 15.6. The van der Waals surface area contributed by atoms with E-state index >= 15 is 0 Å². The number of allylic oxidation sites excluding steroid dienone is 1. The third-order valence-electron chi connectivity index (χ3n) is 4.02. The van der Waals surface area contributed by atoms with E-state index in [1.54, 1.807) is 17.9 Å². The number of hydrogen-bond donors (Lipinski definition) is 1. The highest BCUT2D eigenvalue weighted by atomic mass is 16.5. The third kappa shape index (κ3) is 4.63. The molecule has 0 fully saturated rings. The van der Waals surface area contributed by atoms with Gasteiger partial charge in [0.1, 0.15) is 6.61 Å². The standard InChI is InChI=1S/C20H23N5O2/c1-4-11-25-20(22-23-24-25)21-13-17-9-6-10-18(26-3)19(17)27-14-16-8-5-7-15(2)12-16/h4-10,12H,1,11,13-14H2,2-3H3,(H,21,22,24). The number of ether oxygens (including phenoxy) is 2. The fourth-order valence-corrected chi connectivity index (χ4v) is 2.73. The Bertz CT molecular complexity index is 907. The zero-order valence-electron chi connectivity index (χ0n) is 15.6. The van der Waals surface area contributed by atoms with Gasteiger partial charge in [-0.2, -0.15) is 0 Å². The minimum absolute atomic E-state index is 0.462. The van der Waals surface area contributed by atoms with Gasteiger partial charge in [-0.3, -0.25) is 0 Å². The Hall–Kier alpha value is -3.35. The van der Waals surface area contributed by atoms with Crippen molar-refractivity contribution in [3.8, 4) is 11.5 Å². The molecule has 2 aromatic carbocycles. The van der Waals surface area contributed by atoms with Crippen LogP contribution in [0.2, 0.25) is 0 Å². The molecular weight excluding hydrogens is 342 g/mol. The molecule has 3 rings (SSSR count). The van der Waals surface area contributed by atoms with Crippen LogP contribution in [0.4, 0.5) is 5.95 Å². The lowest BCUT2D eigenvalue weighted by molar-refractivity contribution is 0.281. The van der Waals surface area contributed by atoms with Crippen LogP contribution in [0.3, 0.4) is 0 Å². The molecule has 27 heavy (non-hydrogen) atoms. The van der Waals surface area contributed by atoms with Crippen molar-refractivity contribution >= 4 is 5.95 Å². The van der Waals surface area contributed by atoms with Crippen molar-refractivity contribution in [2.45, 2.75) is 26.6 Å². The van der Waals surface area contributed by atoms with Crippen molar-refractivity contribution in [1.82, 2.24) is 20.2 Å². The van der Waals surface area contributed by atoms with Crippen molar-refractivity contribution < 1.29 is 9.47 Å². The first kappa shape index (κ1) is 18.4. The highest BCUT2D eigenvalue weighted by Gasteiger charge is 2.12. The maximum absolute atomic E-state index is 6.11. The van der Waals surface area contributed by atoms with Gasteiger partial charge in [0.15, 0.2) is 11.5 Å². The van der Waals surface area contributed by atoms with Gasteiger partial charge in [0.25, 0.3) is 0 Å². The van der Waals surface area contributed by atoms with E-state index in [0.29, 0.717) is 37.1 Å². The molecular formula is C20H23N5O2. The molecule has 1 aromatic heterocycles. The summed E-state index contributed by atoms with van der Waals surface area (Å²) in [6.07, 6.45) is 1.74. The number of methoxy groups -OCH3 is 1. The molecule has 0 radical (unpaired) electrons. The summed E-state index contributed by atoms with van der Waals surface area (Å²) in [7, 11) is 1.64. The van der Waals surface area contributed by atoms with Gasteiger partial charge in [-0.25, -0.2) is 4.68 Å². The number of nitrogens with zero attached hydrogens (tertiary/aromatic N) is 4. The second kappa shape index (κ2) is 8.84. The number of rotatable bonds is 9. The lowest BCUT2D eigenvalue weighted by Crippen LogP contribution is -2.10. The van der Waals surface area contributed by atoms with Crippen LogP contribution in [0, 0.1) is 6.92 Å². The number of tetrazole rings is 1. The third-order valence-corrected chi connectivity index (χ3v) is 4.02. The van der Waals surface area contributed by atoms with Crippen LogP contribution in [0.25, 0.3) is 0 Å². The van der Waals surface area contributed by atoms with Crippen molar-refractivity contribution in [2.75, 3.05) is 12.4 Å². The first-order chi connectivity index (χ1) is 13.2. The van der Waals surface area contributed by atoms with E-state index in [-0.39, 0.29) is 0 Å². The van der Waals surface area contributed by atoms with Crippen molar-refractivity contribution in [1.29, 1.82) is 0 Å². The van der Waals surface area contributed by atoms with Crippen LogP contribution in [-0.4, -0.2) is 27.3 Å². The molecule has 0 saturated heterocycles. The molecule has 0 unspecified atom stereocenters. The second-order valence-corrected chi connectivity index (χ2v) is 6.05. The van der Waals surface area contributed by atoms with Crippen molar-refractivity contribution in [2.24, 2.45) is 0 Å². The summed E-state index contributed by atoms with van der Waals surface area (Å²) in [5, 5.41) is 14.8. The van der Waals surface area contributed by atoms with Crippen LogP contribution in [0.1, 0.15) is 16.7 Å². The van der Waals surface area contributed by atoms with Gasteiger partial charge in [0.2, 0.25) is 5.95 Å². The van der Waals surface area contributed by atoms with Crippen LogP contribution in [-0.2, 0) is 19.7 Å². The van der Waals surface area contributed by atoms with E-state index < -0.39 is 0 Å². The zero-order chi connectivity index (χ0) is 19.1. The number of aromatic nitrogens is 4. The molecule has 1 N–H and O–H groups in total. The Kier molecular flexibility index (Phi) is 6.04. The number of para-hydroxylation sites is 1. The summed E-state index contributed by atoms with van der Waals surface area (Å²) in [5.74, 6) is 1.96. The Balaban J connectivity index is 1.76. The molecule has 0 bridgehead atoms. The molecule has 0 amide bonds. The van der Waals surface area contributed by atoms with Gasteiger partial charge in [-0.15, -0.1) is 6.58 Å². The number of benzene rings is 2. The normalized spacial score (nSPS) is 10.4. The molecule has 0 saturated carbocycles. The van der Waals surface area contributed by atoms with Gasteiger partial charge in [0.05, 0.1) is 13.7 Å². The largest absolute Gasteiger partial charge is 0.493 e. The minimum atomic E-state index is 0.462. The van der Waals surface area contributed by atoms with E-state index in [4.69, 9.17) is 9.47 Å². The molecule has 3 aromatic rings. The maximum Gasteiger partial charge on any atom is 0.243 e. The molecule has 7 heteroatoms. The summed E-state index contributed by atoms with van der Waals surface area (Å²) in [6, 6.07) is 14.1. The van der Waals surface area contributed by atoms with E-state index in [9.17, 15) is 0 Å². The monoisotopic (exact) mass is 365 g/mol. The molecule has 140 valence electrons. The lowest BCUT2D eigenvalue weighted by Gasteiger charge is -2.16. The van der Waals surface area contributed by atoms with Crippen LogP contribution in [0.5, 0.6) is 11.5 Å². The molecule has 0 aliphatic carbocycles. The van der Waals surface area contributed by atoms with Crippen molar-refractivity contribution in [3.05, 3.63) is 71.8 Å². The van der Waals surface area contributed by atoms with Crippen LogP contribution >= 0.6 is 0 Å². The highest BCUT2D eigenvalue weighted by Crippen LogP contribution is 2.32. The highest BCUT2D eigenvalue weighted by molar-refractivity contribution is 5.48. The minimum Gasteiger partial charge on any atom is -0.493 e. The molecule has 7 nitrogen and oxygen atoms in total. The van der Waals surface area contributed by atoms with Gasteiger partial charge in [0, 0.05) is 12.1 Å². The van der Waals surface area contributed by atoms with E-state index in [2.05, 4.69) is 46.5 Å². The Morgan fingerprint density at radius 1 is 1.22 bits per heavy atom. The summed E-state index contributed by atoms with van der Waals surface area (Å²) in [6.45, 7) is 7.27. The fourth-order valence-electron chi connectivity index (χ4n) is 2.73. The predicted molar refractivity (Wildman–Crippen MR) is 104 cm³/mol. The van der Waals surface area contributed by atoms with E-state index in [1.165, 1.54) is 5.56 Å². The van der Waals surface area contributed by atoms with Gasteiger partial charge in [-0.05, 0) is 29.0 Å². The quantitative estimate of drug-likeness (QED) is 0.586. The van der Waals surface area contributed by atoms with Crippen LogP contribution < -0.4 is 14.8 Å². The summed E-state index contributed by atoms with van der Waals surface area (Å²) < 4.78 is 13.2. The van der Waals surface area contributed by atoms with Crippen LogP contribution in [0.15, 0.2) is 55.1 Å². The Morgan fingerprint density at radius 2 is 2.07 bits per heavy atom.